The zero-order valence-corrected chi connectivity index (χ0v) is 14.3. The van der Waals surface area contributed by atoms with Crippen LogP contribution in [0.25, 0.3) is 0 Å². The summed E-state index contributed by atoms with van der Waals surface area (Å²) in [5.74, 6) is 0.849. The third-order valence-corrected chi connectivity index (χ3v) is 4.46. The van der Waals surface area contributed by atoms with Crippen LogP contribution in [0.2, 0.25) is 0 Å². The lowest BCUT2D eigenvalue weighted by atomic mass is 10.0. The van der Waals surface area contributed by atoms with Gasteiger partial charge in [0.1, 0.15) is 0 Å². The number of hydrogen-bond donors (Lipinski definition) is 2. The summed E-state index contributed by atoms with van der Waals surface area (Å²) in [6, 6.07) is 0.183. The van der Waals surface area contributed by atoms with Gasteiger partial charge in [-0.2, -0.15) is 0 Å². The number of nitrogens with zero attached hydrogens (tertiary/aromatic N) is 1. The monoisotopic (exact) mass is 323 g/mol. The van der Waals surface area contributed by atoms with E-state index in [4.69, 9.17) is 0 Å². The molecule has 122 valence electrons. The van der Waals surface area contributed by atoms with Crippen molar-refractivity contribution in [1.29, 1.82) is 0 Å². The number of anilines is 1. The number of carbonyl (C=O) groups is 2. The van der Waals surface area contributed by atoms with Crippen LogP contribution >= 0.6 is 11.3 Å². The summed E-state index contributed by atoms with van der Waals surface area (Å²) in [7, 11) is 0. The number of thiazole rings is 1. The Morgan fingerprint density at radius 1 is 1.32 bits per heavy atom. The van der Waals surface area contributed by atoms with Crippen LogP contribution in [-0.4, -0.2) is 22.8 Å². The first-order chi connectivity index (χ1) is 10.4. The van der Waals surface area contributed by atoms with Crippen LogP contribution in [0, 0.1) is 11.8 Å². The van der Waals surface area contributed by atoms with E-state index in [2.05, 4.69) is 29.5 Å². The molecule has 2 rings (SSSR count). The molecule has 5 nitrogen and oxygen atoms in total. The molecule has 1 heterocycles. The molecule has 0 spiro atoms. The van der Waals surface area contributed by atoms with Crippen LogP contribution in [0.3, 0.4) is 0 Å². The molecule has 6 heteroatoms. The average molecular weight is 323 g/mol. The first kappa shape index (κ1) is 16.9. The van der Waals surface area contributed by atoms with Gasteiger partial charge >= 0.3 is 0 Å². The van der Waals surface area contributed by atoms with E-state index in [-0.39, 0.29) is 30.2 Å². The van der Waals surface area contributed by atoms with E-state index >= 15 is 0 Å². The number of rotatable bonds is 8. The lowest BCUT2D eigenvalue weighted by Gasteiger charge is -2.14. The highest BCUT2D eigenvalue weighted by Gasteiger charge is 2.30. The van der Waals surface area contributed by atoms with Crippen LogP contribution in [0.5, 0.6) is 0 Å². The number of aromatic nitrogens is 1. The van der Waals surface area contributed by atoms with E-state index in [9.17, 15) is 9.59 Å². The fourth-order valence-corrected chi connectivity index (χ4v) is 2.86. The molecule has 2 N–H and O–H groups in total. The minimum Gasteiger partial charge on any atom is -0.353 e. The molecule has 0 radical (unpaired) electrons. The molecule has 0 bridgehead atoms. The summed E-state index contributed by atoms with van der Waals surface area (Å²) in [4.78, 5) is 27.9. The molecule has 22 heavy (non-hydrogen) atoms. The predicted molar refractivity (Wildman–Crippen MR) is 88.8 cm³/mol. The third kappa shape index (κ3) is 5.75. The SMILES string of the molecule is CC(C)CC[C@@H](C)NC(=O)Cc1csc(NC(=O)C2CC2)n1. The number of nitrogens with one attached hydrogen (secondary N) is 2. The maximum atomic E-state index is 12.0. The molecular weight excluding hydrogens is 298 g/mol. The van der Waals surface area contributed by atoms with Crippen molar-refractivity contribution in [3.05, 3.63) is 11.1 Å². The quantitative estimate of drug-likeness (QED) is 0.772. The van der Waals surface area contributed by atoms with Crippen LogP contribution < -0.4 is 10.6 Å². The Balaban J connectivity index is 1.74. The summed E-state index contributed by atoms with van der Waals surface area (Å²) in [5.41, 5.74) is 0.713. The predicted octanol–water partition coefficient (Wildman–Crippen LogP) is 2.98. The summed E-state index contributed by atoms with van der Waals surface area (Å²) in [6.45, 7) is 6.39. The van der Waals surface area contributed by atoms with E-state index < -0.39 is 0 Å². The second-order valence-electron chi connectivity index (χ2n) is 6.52. The number of hydrogen-bond acceptors (Lipinski definition) is 4. The van der Waals surface area contributed by atoms with Gasteiger partial charge in [0.05, 0.1) is 12.1 Å². The molecule has 1 atom stereocenters. The lowest BCUT2D eigenvalue weighted by molar-refractivity contribution is -0.121. The molecule has 1 aromatic heterocycles. The minimum absolute atomic E-state index is 0.0124. The minimum atomic E-state index is -0.0124. The summed E-state index contributed by atoms with van der Waals surface area (Å²) in [6.07, 6.45) is 4.31. The molecular formula is C16H25N3O2S. The van der Waals surface area contributed by atoms with Crippen LogP contribution in [0.4, 0.5) is 5.13 Å². The van der Waals surface area contributed by atoms with Crippen molar-refractivity contribution in [2.24, 2.45) is 11.8 Å². The van der Waals surface area contributed by atoms with Crippen molar-refractivity contribution >= 4 is 28.3 Å². The lowest BCUT2D eigenvalue weighted by Crippen LogP contribution is -2.33. The van der Waals surface area contributed by atoms with Gasteiger partial charge in [0, 0.05) is 17.3 Å². The van der Waals surface area contributed by atoms with E-state index in [1.54, 1.807) is 0 Å². The van der Waals surface area contributed by atoms with E-state index in [1.165, 1.54) is 11.3 Å². The van der Waals surface area contributed by atoms with Gasteiger partial charge in [0.2, 0.25) is 11.8 Å². The maximum Gasteiger partial charge on any atom is 0.229 e. The standard InChI is InChI=1S/C16H25N3O2S/c1-10(2)4-5-11(3)17-14(20)8-13-9-22-16(18-13)19-15(21)12-6-7-12/h9-12H,4-8H2,1-3H3,(H,17,20)(H,18,19,21)/t11-/m1/s1. The first-order valence-corrected chi connectivity index (χ1v) is 8.86. The summed E-state index contributed by atoms with van der Waals surface area (Å²) < 4.78 is 0. The van der Waals surface area contributed by atoms with Gasteiger partial charge in [-0.05, 0) is 38.5 Å². The Bertz CT molecular complexity index is 523. The topological polar surface area (TPSA) is 71.1 Å². The van der Waals surface area contributed by atoms with Gasteiger partial charge in [-0.25, -0.2) is 4.98 Å². The molecule has 1 fully saturated rings. The molecule has 0 saturated heterocycles. The number of carbonyl (C=O) groups excluding carboxylic acids is 2. The first-order valence-electron chi connectivity index (χ1n) is 7.98. The Morgan fingerprint density at radius 2 is 2.05 bits per heavy atom. The molecule has 0 aliphatic heterocycles. The molecule has 0 unspecified atom stereocenters. The van der Waals surface area contributed by atoms with Crippen molar-refractivity contribution in [2.75, 3.05) is 5.32 Å². The Morgan fingerprint density at radius 3 is 2.68 bits per heavy atom. The molecule has 1 saturated carbocycles. The van der Waals surface area contributed by atoms with Crippen LogP contribution in [-0.2, 0) is 16.0 Å². The molecule has 1 aromatic rings. The van der Waals surface area contributed by atoms with E-state index in [0.29, 0.717) is 16.7 Å². The van der Waals surface area contributed by atoms with E-state index in [0.717, 1.165) is 25.7 Å². The van der Waals surface area contributed by atoms with Crippen molar-refractivity contribution in [3.8, 4) is 0 Å². The highest BCUT2D eigenvalue weighted by Crippen LogP contribution is 2.30. The second kappa shape index (κ2) is 7.72. The van der Waals surface area contributed by atoms with Gasteiger partial charge in [-0.3, -0.25) is 9.59 Å². The summed E-state index contributed by atoms with van der Waals surface area (Å²) >= 11 is 1.38. The van der Waals surface area contributed by atoms with Gasteiger partial charge < -0.3 is 10.6 Å². The zero-order valence-electron chi connectivity index (χ0n) is 13.5. The van der Waals surface area contributed by atoms with Crippen LogP contribution in [0.15, 0.2) is 5.38 Å². The third-order valence-electron chi connectivity index (χ3n) is 3.66. The van der Waals surface area contributed by atoms with Gasteiger partial charge in [0.25, 0.3) is 0 Å². The zero-order chi connectivity index (χ0) is 16.1. The van der Waals surface area contributed by atoms with Crippen molar-refractivity contribution < 1.29 is 9.59 Å². The fraction of sp³-hybridized carbons (Fsp3) is 0.688. The molecule has 1 aliphatic carbocycles. The summed E-state index contributed by atoms with van der Waals surface area (Å²) in [5, 5.41) is 8.23. The van der Waals surface area contributed by atoms with Gasteiger partial charge in [-0.15, -0.1) is 11.3 Å². The largest absolute Gasteiger partial charge is 0.353 e. The van der Waals surface area contributed by atoms with Crippen LogP contribution in [0.1, 0.15) is 52.1 Å². The Labute approximate surface area is 135 Å². The second-order valence-corrected chi connectivity index (χ2v) is 7.38. The number of amides is 2. The normalized spacial score (nSPS) is 15.6. The van der Waals surface area contributed by atoms with Gasteiger partial charge in [0.15, 0.2) is 5.13 Å². The average Bonchev–Trinajstić information content (AvgIpc) is 3.20. The van der Waals surface area contributed by atoms with Gasteiger partial charge in [-0.1, -0.05) is 13.8 Å². The highest BCUT2D eigenvalue weighted by atomic mass is 32.1. The molecule has 1 aliphatic rings. The molecule has 0 aromatic carbocycles. The highest BCUT2D eigenvalue weighted by molar-refractivity contribution is 7.13. The molecule has 2 amide bonds. The van der Waals surface area contributed by atoms with Crippen molar-refractivity contribution in [3.63, 3.8) is 0 Å². The van der Waals surface area contributed by atoms with E-state index in [1.807, 2.05) is 12.3 Å². The maximum absolute atomic E-state index is 12.0. The van der Waals surface area contributed by atoms with Crippen molar-refractivity contribution in [2.45, 2.75) is 58.9 Å². The Hall–Kier alpha value is -1.43. The van der Waals surface area contributed by atoms with Crippen molar-refractivity contribution in [1.82, 2.24) is 10.3 Å². The smallest absolute Gasteiger partial charge is 0.229 e. The Kier molecular flexibility index (Phi) is 5.94. The fourth-order valence-electron chi connectivity index (χ4n) is 2.14.